The highest BCUT2D eigenvalue weighted by Crippen LogP contribution is 2.33. The van der Waals surface area contributed by atoms with Gasteiger partial charge in [-0.2, -0.15) is 0 Å². The first kappa shape index (κ1) is 23.5. The maximum atomic E-state index is 12.9. The van der Waals surface area contributed by atoms with Crippen LogP contribution in [0.1, 0.15) is 10.4 Å². The number of amides is 1. The van der Waals surface area contributed by atoms with E-state index in [1.165, 1.54) is 0 Å². The van der Waals surface area contributed by atoms with E-state index in [0.717, 1.165) is 37.6 Å². The van der Waals surface area contributed by atoms with E-state index in [4.69, 9.17) is 34.3 Å². The van der Waals surface area contributed by atoms with Gasteiger partial charge in [-0.15, -0.1) is 0 Å². The van der Waals surface area contributed by atoms with E-state index < -0.39 is 0 Å². The molecule has 0 radical (unpaired) electrons. The molecule has 0 aromatic heterocycles. The van der Waals surface area contributed by atoms with Crippen LogP contribution in [0.4, 0.5) is 17.1 Å². The Labute approximate surface area is 204 Å². The van der Waals surface area contributed by atoms with Crippen LogP contribution in [0.5, 0.6) is 0 Å². The minimum atomic E-state index is -0.0766. The average Bonchev–Trinajstić information content (AvgIpc) is 2.82. The number of hydrogen-bond donors (Lipinski definition) is 3. The average molecular weight is 490 g/mol. The minimum Gasteiger partial charge on any atom is -0.399 e. The van der Waals surface area contributed by atoms with Crippen molar-refractivity contribution >= 4 is 52.1 Å². The number of likely N-dealkylation sites (N-methyl/N-ethyl adjacent to an activating group) is 1. The van der Waals surface area contributed by atoms with Crippen LogP contribution in [0, 0.1) is 5.41 Å². The molecular formula is C23H29Cl2N7O. The summed E-state index contributed by atoms with van der Waals surface area (Å²) in [7, 11) is 2.04. The van der Waals surface area contributed by atoms with Crippen molar-refractivity contribution in [3.05, 3.63) is 52.0 Å². The zero-order chi connectivity index (χ0) is 23.5. The molecule has 0 aliphatic carbocycles. The molecule has 0 spiro atoms. The standard InChI is InChI=1S/C23H29Cl2N7O/c1-29-6-8-31(9-7-29)22(33)16-14-19(24)21(20(25)15-16)28-23(27)32-12-10-30(11-13-32)18-4-2-17(26)3-5-18/h2-5,14-15H,6-13,26H2,1H3,(H2,27,28). The molecule has 2 heterocycles. The van der Waals surface area contributed by atoms with Crippen LogP contribution in [-0.2, 0) is 0 Å². The Morgan fingerprint density at radius 1 is 0.909 bits per heavy atom. The van der Waals surface area contributed by atoms with Crippen LogP contribution in [-0.4, -0.2) is 86.0 Å². The second-order valence-electron chi connectivity index (χ2n) is 8.45. The highest BCUT2D eigenvalue weighted by atomic mass is 35.5. The molecule has 4 rings (SSSR count). The van der Waals surface area contributed by atoms with E-state index in [1.54, 1.807) is 12.1 Å². The summed E-state index contributed by atoms with van der Waals surface area (Å²) in [5.74, 6) is 0.154. The molecule has 2 saturated heterocycles. The molecule has 2 aromatic carbocycles. The van der Waals surface area contributed by atoms with Crippen molar-refractivity contribution in [3.8, 4) is 0 Å². The van der Waals surface area contributed by atoms with Gasteiger partial charge in [-0.3, -0.25) is 10.2 Å². The van der Waals surface area contributed by atoms with Gasteiger partial charge in [0.2, 0.25) is 0 Å². The monoisotopic (exact) mass is 489 g/mol. The summed E-state index contributed by atoms with van der Waals surface area (Å²) in [6.07, 6.45) is 0. The number of nitrogens with two attached hydrogens (primary N) is 1. The van der Waals surface area contributed by atoms with Gasteiger partial charge in [-0.05, 0) is 43.4 Å². The molecule has 10 heteroatoms. The first-order chi connectivity index (χ1) is 15.8. The summed E-state index contributed by atoms with van der Waals surface area (Å²) < 4.78 is 0. The Bertz CT molecular complexity index is 991. The first-order valence-electron chi connectivity index (χ1n) is 11.0. The Morgan fingerprint density at radius 3 is 2.03 bits per heavy atom. The smallest absolute Gasteiger partial charge is 0.254 e. The van der Waals surface area contributed by atoms with Gasteiger partial charge in [0.25, 0.3) is 5.91 Å². The van der Waals surface area contributed by atoms with Gasteiger partial charge < -0.3 is 30.7 Å². The number of halogens is 2. The molecule has 2 aromatic rings. The fourth-order valence-corrected chi connectivity index (χ4v) is 4.66. The zero-order valence-electron chi connectivity index (χ0n) is 18.7. The number of piperazine rings is 2. The molecule has 1 amide bonds. The van der Waals surface area contributed by atoms with Crippen molar-refractivity contribution in [1.82, 2.24) is 14.7 Å². The van der Waals surface area contributed by atoms with Crippen molar-refractivity contribution in [2.24, 2.45) is 0 Å². The molecule has 2 fully saturated rings. The summed E-state index contributed by atoms with van der Waals surface area (Å²) in [6.45, 7) is 5.99. The summed E-state index contributed by atoms with van der Waals surface area (Å²) in [4.78, 5) is 21.1. The van der Waals surface area contributed by atoms with Crippen LogP contribution in [0.3, 0.4) is 0 Å². The highest BCUT2D eigenvalue weighted by Gasteiger charge is 2.24. The second-order valence-corrected chi connectivity index (χ2v) is 9.26. The second kappa shape index (κ2) is 10.1. The van der Waals surface area contributed by atoms with Gasteiger partial charge in [-0.25, -0.2) is 0 Å². The maximum absolute atomic E-state index is 12.9. The number of guanidine groups is 1. The number of nitrogens with zero attached hydrogens (tertiary/aromatic N) is 4. The van der Waals surface area contributed by atoms with Crippen LogP contribution in [0.15, 0.2) is 36.4 Å². The number of benzene rings is 2. The lowest BCUT2D eigenvalue weighted by molar-refractivity contribution is 0.0664. The fourth-order valence-electron chi connectivity index (χ4n) is 4.08. The molecule has 0 atom stereocenters. The SMILES string of the molecule is CN1CCN(C(=O)c2cc(Cl)c(NC(=N)N3CCN(c4ccc(N)cc4)CC3)c(Cl)c2)CC1. The van der Waals surface area contributed by atoms with Crippen molar-refractivity contribution in [3.63, 3.8) is 0 Å². The topological polar surface area (TPSA) is 91.9 Å². The normalized spacial score (nSPS) is 17.2. The van der Waals surface area contributed by atoms with E-state index in [1.807, 2.05) is 41.1 Å². The molecule has 33 heavy (non-hydrogen) atoms. The number of anilines is 3. The lowest BCUT2D eigenvalue weighted by atomic mass is 10.1. The number of carbonyl (C=O) groups excluding carboxylic acids is 1. The number of nitrogen functional groups attached to an aromatic ring is 1. The lowest BCUT2D eigenvalue weighted by Gasteiger charge is -2.37. The van der Waals surface area contributed by atoms with Crippen LogP contribution in [0.25, 0.3) is 0 Å². The lowest BCUT2D eigenvalue weighted by Crippen LogP contribution is -2.50. The van der Waals surface area contributed by atoms with Gasteiger partial charge in [0.1, 0.15) is 0 Å². The number of hydrogen-bond acceptors (Lipinski definition) is 5. The largest absolute Gasteiger partial charge is 0.399 e. The Morgan fingerprint density at radius 2 is 1.45 bits per heavy atom. The molecular weight excluding hydrogens is 461 g/mol. The quantitative estimate of drug-likeness (QED) is 0.348. The summed E-state index contributed by atoms with van der Waals surface area (Å²) in [5, 5.41) is 12.2. The van der Waals surface area contributed by atoms with Crippen LogP contribution in [0.2, 0.25) is 10.0 Å². The minimum absolute atomic E-state index is 0.0766. The zero-order valence-corrected chi connectivity index (χ0v) is 20.2. The van der Waals surface area contributed by atoms with E-state index >= 15 is 0 Å². The summed E-state index contributed by atoms with van der Waals surface area (Å²) in [5.41, 5.74) is 8.55. The highest BCUT2D eigenvalue weighted by molar-refractivity contribution is 6.40. The fraction of sp³-hybridized carbons (Fsp3) is 0.391. The molecule has 4 N–H and O–H groups in total. The van der Waals surface area contributed by atoms with E-state index in [2.05, 4.69) is 15.1 Å². The van der Waals surface area contributed by atoms with Crippen LogP contribution < -0.4 is 16.0 Å². The van der Waals surface area contributed by atoms with E-state index in [9.17, 15) is 4.79 Å². The van der Waals surface area contributed by atoms with Gasteiger partial charge in [0.15, 0.2) is 5.96 Å². The third-order valence-electron chi connectivity index (χ3n) is 6.18. The molecule has 8 nitrogen and oxygen atoms in total. The first-order valence-corrected chi connectivity index (χ1v) is 11.8. The molecule has 0 unspecified atom stereocenters. The molecule has 2 aliphatic heterocycles. The Kier molecular flexibility index (Phi) is 7.17. The number of nitrogens with one attached hydrogen (secondary N) is 2. The maximum Gasteiger partial charge on any atom is 0.254 e. The predicted octanol–water partition coefficient (Wildman–Crippen LogP) is 3.13. The van der Waals surface area contributed by atoms with Crippen molar-refractivity contribution < 1.29 is 4.79 Å². The summed E-state index contributed by atoms with van der Waals surface area (Å²) in [6, 6.07) is 11.1. The number of carbonyl (C=O) groups is 1. The number of rotatable bonds is 3. The van der Waals surface area contributed by atoms with Crippen molar-refractivity contribution in [2.75, 3.05) is 75.4 Å². The van der Waals surface area contributed by atoms with Gasteiger partial charge >= 0.3 is 0 Å². The third kappa shape index (κ3) is 5.46. The third-order valence-corrected chi connectivity index (χ3v) is 6.77. The van der Waals surface area contributed by atoms with Gasteiger partial charge in [0, 0.05) is 69.3 Å². The Hall–Kier alpha value is -2.68. The van der Waals surface area contributed by atoms with E-state index in [0.29, 0.717) is 47.5 Å². The summed E-state index contributed by atoms with van der Waals surface area (Å²) >= 11 is 13.0. The Balaban J connectivity index is 1.37. The molecule has 2 aliphatic rings. The van der Waals surface area contributed by atoms with E-state index in [-0.39, 0.29) is 11.9 Å². The van der Waals surface area contributed by atoms with Crippen molar-refractivity contribution in [2.45, 2.75) is 0 Å². The molecule has 176 valence electrons. The molecule has 0 saturated carbocycles. The van der Waals surface area contributed by atoms with Gasteiger partial charge in [0.05, 0.1) is 15.7 Å². The molecule has 0 bridgehead atoms. The van der Waals surface area contributed by atoms with Gasteiger partial charge in [-0.1, -0.05) is 23.2 Å². The van der Waals surface area contributed by atoms with Crippen LogP contribution >= 0.6 is 23.2 Å². The van der Waals surface area contributed by atoms with Crippen molar-refractivity contribution in [1.29, 1.82) is 5.41 Å². The predicted molar refractivity (Wildman–Crippen MR) is 136 cm³/mol.